The molecule has 10 aromatic carbocycles. The molecule has 0 N–H and O–H groups in total. The van der Waals surface area contributed by atoms with Gasteiger partial charge in [0, 0.05) is 54.7 Å². The molecule has 0 aliphatic rings. The highest BCUT2D eigenvalue weighted by Crippen LogP contribution is 2.46. The number of hydrogen-bond donors (Lipinski definition) is 0. The molecule has 0 aliphatic carbocycles. The number of hydrogen-bond acceptors (Lipinski definition) is 5. The van der Waals surface area contributed by atoms with E-state index in [1.807, 2.05) is 42.5 Å². The molecular formula is C62H38N4O. The van der Waals surface area contributed by atoms with E-state index < -0.39 is 0 Å². The zero-order valence-corrected chi connectivity index (χ0v) is 36.1. The minimum atomic E-state index is 0.622. The van der Waals surface area contributed by atoms with Gasteiger partial charge in [-0.2, -0.15) is 0 Å². The Kier molecular flexibility index (Phi) is 9.10. The summed E-state index contributed by atoms with van der Waals surface area (Å²) >= 11 is 0. The maximum absolute atomic E-state index is 6.62. The first-order chi connectivity index (χ1) is 33.2. The van der Waals surface area contributed by atoms with Crippen LogP contribution in [0, 0.1) is 0 Å². The molecule has 0 unspecified atom stereocenters. The fourth-order valence-electron chi connectivity index (χ4n) is 9.77. The first-order valence-electron chi connectivity index (χ1n) is 22.5. The van der Waals surface area contributed by atoms with Crippen molar-refractivity contribution in [2.75, 3.05) is 0 Å². The van der Waals surface area contributed by atoms with Crippen molar-refractivity contribution >= 4 is 54.4 Å². The molecule has 0 amide bonds. The van der Waals surface area contributed by atoms with Gasteiger partial charge in [0.15, 0.2) is 17.5 Å². The molecule has 0 radical (unpaired) electrons. The van der Waals surface area contributed by atoms with E-state index in [4.69, 9.17) is 24.4 Å². The van der Waals surface area contributed by atoms with Gasteiger partial charge in [-0.05, 0) is 62.9 Å². The summed E-state index contributed by atoms with van der Waals surface area (Å²) in [5.41, 5.74) is 14.2. The van der Waals surface area contributed by atoms with E-state index in [9.17, 15) is 0 Å². The minimum absolute atomic E-state index is 0.622. The second-order valence-corrected chi connectivity index (χ2v) is 16.9. The highest BCUT2D eigenvalue weighted by atomic mass is 16.3. The average Bonchev–Trinajstić information content (AvgIpc) is 3.78. The third-order valence-corrected chi connectivity index (χ3v) is 12.9. The van der Waals surface area contributed by atoms with Crippen LogP contribution in [0.1, 0.15) is 0 Å². The number of benzene rings is 10. The number of nitrogens with zero attached hydrogens (tertiary/aromatic N) is 4. The van der Waals surface area contributed by atoms with Gasteiger partial charge >= 0.3 is 0 Å². The van der Waals surface area contributed by atoms with E-state index in [0.29, 0.717) is 17.5 Å². The van der Waals surface area contributed by atoms with Crippen LogP contribution in [0.4, 0.5) is 0 Å². The summed E-state index contributed by atoms with van der Waals surface area (Å²) in [6, 6.07) is 80.4. The summed E-state index contributed by atoms with van der Waals surface area (Å²) in [4.78, 5) is 20.7. The lowest BCUT2D eigenvalue weighted by Crippen LogP contribution is -2.00. The Morgan fingerprint density at radius 3 is 1.45 bits per heavy atom. The molecule has 0 spiro atoms. The third kappa shape index (κ3) is 6.64. The smallest absolute Gasteiger partial charge is 0.164 e. The van der Waals surface area contributed by atoms with Crippen molar-refractivity contribution < 1.29 is 4.42 Å². The molecule has 312 valence electrons. The van der Waals surface area contributed by atoms with Gasteiger partial charge in [0.1, 0.15) is 11.2 Å². The lowest BCUT2D eigenvalue weighted by atomic mass is 9.89. The van der Waals surface area contributed by atoms with E-state index in [2.05, 4.69) is 188 Å². The van der Waals surface area contributed by atoms with Gasteiger partial charge in [0.25, 0.3) is 0 Å². The van der Waals surface area contributed by atoms with Crippen LogP contribution >= 0.6 is 0 Å². The molecule has 0 fully saturated rings. The third-order valence-electron chi connectivity index (χ3n) is 12.9. The van der Waals surface area contributed by atoms with Gasteiger partial charge in [0.2, 0.25) is 0 Å². The largest absolute Gasteiger partial charge is 0.456 e. The van der Waals surface area contributed by atoms with Crippen molar-refractivity contribution in [1.82, 2.24) is 19.9 Å². The monoisotopic (exact) mass is 854 g/mol. The number of rotatable bonds is 7. The van der Waals surface area contributed by atoms with Gasteiger partial charge in [-0.15, -0.1) is 0 Å². The Balaban J connectivity index is 0.939. The van der Waals surface area contributed by atoms with Crippen LogP contribution in [0.3, 0.4) is 0 Å². The highest BCUT2D eigenvalue weighted by molar-refractivity contribution is 6.27. The van der Waals surface area contributed by atoms with Gasteiger partial charge in [-0.3, -0.25) is 0 Å². The number of furan rings is 1. The zero-order chi connectivity index (χ0) is 44.3. The van der Waals surface area contributed by atoms with Crippen LogP contribution in [0.2, 0.25) is 0 Å². The molecule has 0 aliphatic heterocycles. The van der Waals surface area contributed by atoms with Crippen molar-refractivity contribution in [1.29, 1.82) is 0 Å². The Hall–Kier alpha value is -9.06. The molecule has 13 rings (SSSR count). The van der Waals surface area contributed by atoms with Crippen molar-refractivity contribution in [3.63, 3.8) is 0 Å². The van der Waals surface area contributed by atoms with Gasteiger partial charge in [-0.1, -0.05) is 206 Å². The first-order valence-corrected chi connectivity index (χ1v) is 22.5. The molecule has 0 bridgehead atoms. The van der Waals surface area contributed by atoms with Crippen molar-refractivity contribution in [2.45, 2.75) is 0 Å². The van der Waals surface area contributed by atoms with Crippen LogP contribution in [0.25, 0.3) is 133 Å². The second-order valence-electron chi connectivity index (χ2n) is 16.9. The fourth-order valence-corrected chi connectivity index (χ4v) is 9.77. The molecule has 3 aromatic heterocycles. The molecule has 0 saturated carbocycles. The minimum Gasteiger partial charge on any atom is -0.456 e. The molecule has 13 aromatic rings. The van der Waals surface area contributed by atoms with Crippen LogP contribution < -0.4 is 0 Å². The normalized spacial score (nSPS) is 11.6. The predicted molar refractivity (Wildman–Crippen MR) is 275 cm³/mol. The lowest BCUT2D eigenvalue weighted by molar-refractivity contribution is 0.669. The number of aromatic nitrogens is 4. The topological polar surface area (TPSA) is 64.7 Å². The second kappa shape index (κ2) is 15.9. The van der Waals surface area contributed by atoms with E-state index in [1.165, 1.54) is 0 Å². The van der Waals surface area contributed by atoms with Crippen molar-refractivity contribution in [3.8, 4) is 78.8 Å². The Morgan fingerprint density at radius 2 is 0.746 bits per heavy atom. The number of pyridine rings is 1. The molecule has 0 atom stereocenters. The molecule has 5 heteroatoms. The Labute approximate surface area is 386 Å². The molecule has 67 heavy (non-hydrogen) atoms. The molecule has 0 saturated heterocycles. The summed E-state index contributed by atoms with van der Waals surface area (Å²) in [7, 11) is 0. The Morgan fingerprint density at radius 1 is 0.269 bits per heavy atom. The predicted octanol–water partition coefficient (Wildman–Crippen LogP) is 16.3. The zero-order valence-electron chi connectivity index (χ0n) is 36.1. The van der Waals surface area contributed by atoms with Crippen molar-refractivity contribution in [3.05, 3.63) is 231 Å². The van der Waals surface area contributed by atoms with E-state index in [0.717, 1.165) is 116 Å². The fraction of sp³-hybridized carbons (Fsp3) is 0. The van der Waals surface area contributed by atoms with Gasteiger partial charge in [-0.25, -0.2) is 19.9 Å². The molecule has 3 heterocycles. The number of para-hydroxylation sites is 2. The van der Waals surface area contributed by atoms with Gasteiger partial charge < -0.3 is 4.42 Å². The maximum Gasteiger partial charge on any atom is 0.164 e. The summed E-state index contributed by atoms with van der Waals surface area (Å²) in [5, 5.41) is 7.71. The summed E-state index contributed by atoms with van der Waals surface area (Å²) < 4.78 is 6.62. The van der Waals surface area contributed by atoms with Crippen LogP contribution in [0.5, 0.6) is 0 Å². The van der Waals surface area contributed by atoms with E-state index in [-0.39, 0.29) is 0 Å². The van der Waals surface area contributed by atoms with E-state index in [1.54, 1.807) is 0 Å². The van der Waals surface area contributed by atoms with Crippen LogP contribution in [0.15, 0.2) is 235 Å². The molecular weight excluding hydrogens is 817 g/mol. The number of fused-ring (bicyclic) bond motifs is 7. The standard InChI is InChI=1S/C62H38N4O/c1-4-16-39(17-5-1)40-28-34-45(35-29-40)61-64-60(44-20-8-3-9-21-44)65-62(66-61)49-37-36-46(47-22-10-11-23-48(47)49)41-30-32-43(33-31-41)59-52-38-55-58(51-25-13-15-27-54(51)67-55)56(42-18-6-2-7-19-42)57(52)50-24-12-14-26-53(50)63-59/h1-38H. The van der Waals surface area contributed by atoms with Crippen LogP contribution in [-0.2, 0) is 0 Å². The summed E-state index contributed by atoms with van der Waals surface area (Å²) in [5.74, 6) is 1.87. The summed E-state index contributed by atoms with van der Waals surface area (Å²) in [6.07, 6.45) is 0. The summed E-state index contributed by atoms with van der Waals surface area (Å²) in [6.45, 7) is 0. The SMILES string of the molecule is c1ccc(-c2ccc(-c3nc(-c4ccccc4)nc(-c4ccc(-c5ccc(-c6nc7ccccc7c7c(-c8ccccc8)c8c(cc67)oc6ccccc68)cc5)c5ccccc45)n3)cc2)cc1. The maximum atomic E-state index is 6.62. The molecule has 5 nitrogen and oxygen atoms in total. The van der Waals surface area contributed by atoms with Crippen LogP contribution in [-0.4, -0.2) is 19.9 Å². The van der Waals surface area contributed by atoms with Gasteiger partial charge in [0.05, 0.1) is 11.2 Å². The highest BCUT2D eigenvalue weighted by Gasteiger charge is 2.22. The average molecular weight is 855 g/mol. The lowest BCUT2D eigenvalue weighted by Gasteiger charge is -2.16. The Bertz CT molecular complexity index is 4000. The first kappa shape index (κ1) is 38.4. The quantitative estimate of drug-likeness (QED) is 0.149. The van der Waals surface area contributed by atoms with E-state index >= 15 is 0 Å². The van der Waals surface area contributed by atoms with Crippen molar-refractivity contribution in [2.24, 2.45) is 0 Å².